The zero-order chi connectivity index (χ0) is 14.9. The maximum absolute atomic E-state index is 13.8. The summed E-state index contributed by atoms with van der Waals surface area (Å²) in [6.07, 6.45) is 2.11. The quantitative estimate of drug-likeness (QED) is 0.874. The summed E-state index contributed by atoms with van der Waals surface area (Å²) in [5.41, 5.74) is 0.438. The molecule has 1 aromatic rings. The van der Waals surface area contributed by atoms with E-state index in [4.69, 9.17) is 11.6 Å². The molecule has 0 heterocycles. The molecule has 1 aromatic carbocycles. The molecule has 7 heteroatoms. The van der Waals surface area contributed by atoms with Gasteiger partial charge in [0, 0.05) is 20.1 Å². The molecule has 2 rings (SSSR count). The number of hydrogen-bond acceptors (Lipinski definition) is 3. The topological polar surface area (TPSA) is 49.4 Å². The molecule has 0 saturated heterocycles. The van der Waals surface area contributed by atoms with Crippen LogP contribution in [0.25, 0.3) is 0 Å². The highest BCUT2D eigenvalue weighted by Gasteiger charge is 2.30. The highest BCUT2D eigenvalue weighted by Crippen LogP contribution is 2.32. The van der Waals surface area contributed by atoms with Crippen LogP contribution in [0.1, 0.15) is 18.4 Å². The van der Waals surface area contributed by atoms with Crippen molar-refractivity contribution in [2.45, 2.75) is 24.3 Å². The van der Waals surface area contributed by atoms with Gasteiger partial charge in [-0.2, -0.15) is 0 Å². The third kappa shape index (κ3) is 3.31. The predicted octanol–water partition coefficient (Wildman–Crippen LogP) is 2.23. The summed E-state index contributed by atoms with van der Waals surface area (Å²) in [7, 11) is -0.452. The van der Waals surface area contributed by atoms with E-state index in [1.165, 1.54) is 17.4 Å². The van der Waals surface area contributed by atoms with Crippen molar-refractivity contribution >= 4 is 21.6 Å². The van der Waals surface area contributed by atoms with Gasteiger partial charge >= 0.3 is 0 Å². The Morgan fingerprint density at radius 3 is 2.65 bits per heavy atom. The van der Waals surface area contributed by atoms with E-state index in [9.17, 15) is 12.8 Å². The van der Waals surface area contributed by atoms with E-state index in [0.29, 0.717) is 24.6 Å². The molecule has 20 heavy (non-hydrogen) atoms. The fourth-order valence-electron chi connectivity index (χ4n) is 2.03. The van der Waals surface area contributed by atoms with Crippen LogP contribution in [0.3, 0.4) is 0 Å². The predicted molar refractivity (Wildman–Crippen MR) is 76.7 cm³/mol. The first-order valence-corrected chi connectivity index (χ1v) is 8.27. The molecule has 1 fully saturated rings. The summed E-state index contributed by atoms with van der Waals surface area (Å²) < 4.78 is 39.9. The molecular weight excluding hydrogens is 303 g/mol. The minimum Gasteiger partial charge on any atom is -0.316 e. The lowest BCUT2D eigenvalue weighted by Gasteiger charge is -2.18. The number of nitrogens with one attached hydrogen (secondary N) is 1. The zero-order valence-corrected chi connectivity index (χ0v) is 13.1. The van der Waals surface area contributed by atoms with Gasteiger partial charge in [-0.3, -0.25) is 0 Å². The van der Waals surface area contributed by atoms with Crippen LogP contribution in [0.5, 0.6) is 0 Å². The Morgan fingerprint density at radius 2 is 2.10 bits per heavy atom. The van der Waals surface area contributed by atoms with E-state index < -0.39 is 15.8 Å². The average molecular weight is 321 g/mol. The van der Waals surface area contributed by atoms with Gasteiger partial charge in [0.15, 0.2) is 0 Å². The first-order chi connectivity index (χ1) is 9.36. The molecule has 0 aliphatic heterocycles. The summed E-state index contributed by atoms with van der Waals surface area (Å²) in [6.45, 7) is 0.791. The standard InChI is InChI=1S/C13H18ClFN2O2S/c1-16-7-10-5-11(6-12(15)13(10)14)20(18,19)17(2)8-9-3-4-9/h5-6,9,16H,3-4,7-8H2,1-2H3. The Hall–Kier alpha value is -0.690. The molecule has 1 N–H and O–H groups in total. The van der Waals surface area contributed by atoms with E-state index in [1.54, 1.807) is 7.05 Å². The molecule has 4 nitrogen and oxygen atoms in total. The van der Waals surface area contributed by atoms with Gasteiger partial charge < -0.3 is 5.32 Å². The van der Waals surface area contributed by atoms with Crippen molar-refractivity contribution in [3.8, 4) is 0 Å². The second-order valence-corrected chi connectivity index (χ2v) is 7.56. The van der Waals surface area contributed by atoms with E-state index in [0.717, 1.165) is 18.9 Å². The van der Waals surface area contributed by atoms with Gasteiger partial charge in [-0.25, -0.2) is 17.1 Å². The number of halogens is 2. The Kier molecular flexibility index (Phi) is 4.69. The number of benzene rings is 1. The molecule has 0 unspecified atom stereocenters. The Bertz CT molecular complexity index is 603. The second-order valence-electron chi connectivity index (χ2n) is 5.14. The Balaban J connectivity index is 2.34. The van der Waals surface area contributed by atoms with E-state index in [2.05, 4.69) is 5.32 Å². The van der Waals surface area contributed by atoms with Gasteiger partial charge in [-0.15, -0.1) is 0 Å². The summed E-state index contributed by atoms with van der Waals surface area (Å²) in [5, 5.41) is 2.80. The smallest absolute Gasteiger partial charge is 0.242 e. The highest BCUT2D eigenvalue weighted by molar-refractivity contribution is 7.89. The van der Waals surface area contributed by atoms with Crippen molar-refractivity contribution in [1.29, 1.82) is 0 Å². The second kappa shape index (κ2) is 5.97. The van der Waals surface area contributed by atoms with Crippen molar-refractivity contribution in [1.82, 2.24) is 9.62 Å². The van der Waals surface area contributed by atoms with Gasteiger partial charge in [0.1, 0.15) is 5.82 Å². The fraction of sp³-hybridized carbons (Fsp3) is 0.538. The lowest BCUT2D eigenvalue weighted by molar-refractivity contribution is 0.452. The molecule has 0 bridgehead atoms. The summed E-state index contributed by atoms with van der Waals surface area (Å²) in [4.78, 5) is -0.0483. The maximum atomic E-state index is 13.8. The molecular formula is C13H18ClFN2O2S. The first kappa shape index (κ1) is 15.7. The molecule has 1 saturated carbocycles. The van der Waals surface area contributed by atoms with Crippen LogP contribution in [0, 0.1) is 11.7 Å². The van der Waals surface area contributed by atoms with Crippen LogP contribution in [0.2, 0.25) is 5.02 Å². The zero-order valence-electron chi connectivity index (χ0n) is 11.5. The minimum atomic E-state index is -3.67. The number of nitrogens with zero attached hydrogens (tertiary/aromatic N) is 1. The van der Waals surface area contributed by atoms with Crippen LogP contribution in [-0.4, -0.2) is 33.4 Å². The lowest BCUT2D eigenvalue weighted by Crippen LogP contribution is -2.29. The van der Waals surface area contributed by atoms with Gasteiger partial charge in [-0.1, -0.05) is 11.6 Å². The molecule has 0 amide bonds. The summed E-state index contributed by atoms with van der Waals surface area (Å²) in [6, 6.07) is 2.42. The summed E-state index contributed by atoms with van der Waals surface area (Å²) >= 11 is 5.84. The van der Waals surface area contributed by atoms with E-state index in [-0.39, 0.29) is 9.92 Å². The van der Waals surface area contributed by atoms with Crippen molar-refractivity contribution in [3.05, 3.63) is 28.5 Å². The third-order valence-corrected chi connectivity index (χ3v) is 5.59. The van der Waals surface area contributed by atoms with Gasteiger partial charge in [0.25, 0.3) is 0 Å². The maximum Gasteiger partial charge on any atom is 0.242 e. The van der Waals surface area contributed by atoms with Crippen LogP contribution in [-0.2, 0) is 16.6 Å². The molecule has 0 radical (unpaired) electrons. The van der Waals surface area contributed by atoms with Crippen molar-refractivity contribution in [2.75, 3.05) is 20.6 Å². The highest BCUT2D eigenvalue weighted by atomic mass is 35.5. The largest absolute Gasteiger partial charge is 0.316 e. The van der Waals surface area contributed by atoms with E-state index >= 15 is 0 Å². The van der Waals surface area contributed by atoms with Crippen molar-refractivity contribution < 1.29 is 12.8 Å². The number of hydrogen-bond donors (Lipinski definition) is 1. The summed E-state index contributed by atoms with van der Waals surface area (Å²) in [5.74, 6) is -0.276. The fourth-order valence-corrected chi connectivity index (χ4v) is 3.51. The first-order valence-electron chi connectivity index (χ1n) is 6.45. The van der Waals surface area contributed by atoms with Gasteiger partial charge in [-0.05, 0) is 43.5 Å². The number of rotatable bonds is 6. The van der Waals surface area contributed by atoms with Gasteiger partial charge in [0.2, 0.25) is 10.0 Å². The third-order valence-electron chi connectivity index (χ3n) is 3.36. The van der Waals surface area contributed by atoms with Crippen LogP contribution >= 0.6 is 11.6 Å². The minimum absolute atomic E-state index is 0.0388. The van der Waals surface area contributed by atoms with Crippen molar-refractivity contribution in [2.24, 2.45) is 5.92 Å². The molecule has 0 aromatic heterocycles. The van der Waals surface area contributed by atoms with Crippen molar-refractivity contribution in [3.63, 3.8) is 0 Å². The average Bonchev–Trinajstić information content (AvgIpc) is 3.18. The molecule has 112 valence electrons. The Morgan fingerprint density at radius 1 is 1.45 bits per heavy atom. The van der Waals surface area contributed by atoms with Gasteiger partial charge in [0.05, 0.1) is 9.92 Å². The molecule has 0 spiro atoms. The number of sulfonamides is 1. The normalized spacial score (nSPS) is 15.8. The monoisotopic (exact) mass is 320 g/mol. The Labute approximate surface area is 124 Å². The van der Waals surface area contributed by atoms with E-state index in [1.807, 2.05) is 0 Å². The molecule has 1 aliphatic rings. The molecule has 0 atom stereocenters. The molecule has 1 aliphatic carbocycles. The van der Waals surface area contributed by atoms with Crippen LogP contribution in [0.4, 0.5) is 4.39 Å². The lowest BCUT2D eigenvalue weighted by atomic mass is 10.2. The SMILES string of the molecule is CNCc1cc(S(=O)(=O)N(C)CC2CC2)cc(F)c1Cl. The van der Waals surface area contributed by atoms with Crippen LogP contribution in [0.15, 0.2) is 17.0 Å². The van der Waals surface area contributed by atoms with Crippen LogP contribution < -0.4 is 5.32 Å².